The summed E-state index contributed by atoms with van der Waals surface area (Å²) in [6, 6.07) is 1.99. The van der Waals surface area contributed by atoms with Gasteiger partial charge in [-0.05, 0) is 18.4 Å². The van der Waals surface area contributed by atoms with E-state index in [2.05, 4.69) is 13.8 Å². The van der Waals surface area contributed by atoms with E-state index >= 15 is 0 Å². The highest BCUT2D eigenvalue weighted by Crippen LogP contribution is 2.24. The molecule has 1 rings (SSSR count). The third-order valence-electron chi connectivity index (χ3n) is 2.02. The van der Waals surface area contributed by atoms with Crippen molar-refractivity contribution in [1.82, 2.24) is 0 Å². The molecule has 78 valence electrons. The highest BCUT2D eigenvalue weighted by molar-refractivity contribution is 7.10. The summed E-state index contributed by atoms with van der Waals surface area (Å²) in [4.78, 5) is 1.11. The van der Waals surface area contributed by atoms with Gasteiger partial charge in [0.2, 0.25) is 0 Å². The number of thiophene rings is 1. The molecule has 1 aromatic heterocycles. The van der Waals surface area contributed by atoms with E-state index < -0.39 is 0 Å². The van der Waals surface area contributed by atoms with Crippen LogP contribution in [-0.4, -0.2) is 5.84 Å². The van der Waals surface area contributed by atoms with Gasteiger partial charge in [-0.2, -0.15) is 0 Å². The first-order chi connectivity index (χ1) is 6.50. The van der Waals surface area contributed by atoms with Crippen molar-refractivity contribution in [3.05, 3.63) is 21.9 Å². The minimum Gasteiger partial charge on any atom is -0.384 e. The summed E-state index contributed by atoms with van der Waals surface area (Å²) < 4.78 is 0. The van der Waals surface area contributed by atoms with E-state index in [0.717, 1.165) is 16.9 Å². The summed E-state index contributed by atoms with van der Waals surface area (Å²) in [5, 5.41) is 9.16. The lowest BCUT2D eigenvalue weighted by Crippen LogP contribution is -2.12. The van der Waals surface area contributed by atoms with Gasteiger partial charge in [0.1, 0.15) is 5.84 Å². The number of rotatable bonds is 4. The maximum Gasteiger partial charge on any atom is 0.123 e. The van der Waals surface area contributed by atoms with Crippen LogP contribution >= 0.6 is 11.3 Å². The lowest BCUT2D eigenvalue weighted by molar-refractivity contribution is 0.515. The van der Waals surface area contributed by atoms with E-state index in [-0.39, 0.29) is 11.9 Å². The second kappa shape index (κ2) is 4.57. The molecule has 0 saturated carbocycles. The number of hydrogen-bond donors (Lipinski definition) is 3. The zero-order valence-corrected chi connectivity index (χ0v) is 9.40. The predicted octanol–water partition coefficient (Wildman–Crippen LogP) is 2.08. The van der Waals surface area contributed by atoms with Crippen LogP contribution in [0.3, 0.4) is 0 Å². The average molecular weight is 211 g/mol. The monoisotopic (exact) mass is 211 g/mol. The second-order valence-corrected chi connectivity index (χ2v) is 4.83. The Labute approximate surface area is 88.6 Å². The molecule has 0 amide bonds. The molecule has 0 aliphatic heterocycles. The molecular formula is C10H17N3S. The van der Waals surface area contributed by atoms with Crippen LogP contribution in [0.1, 0.15) is 36.8 Å². The molecule has 0 bridgehead atoms. The Kier molecular flexibility index (Phi) is 3.66. The maximum absolute atomic E-state index is 7.27. The first-order valence-electron chi connectivity index (χ1n) is 4.69. The number of nitrogens with one attached hydrogen (secondary N) is 1. The Hall–Kier alpha value is -0.870. The molecule has 1 unspecified atom stereocenters. The highest BCUT2D eigenvalue weighted by Gasteiger charge is 2.11. The molecular weight excluding hydrogens is 194 g/mol. The summed E-state index contributed by atoms with van der Waals surface area (Å²) in [5.41, 5.74) is 12.2. The Bertz CT molecular complexity index is 317. The zero-order chi connectivity index (χ0) is 10.7. The fourth-order valence-corrected chi connectivity index (χ4v) is 2.24. The molecule has 1 atom stereocenters. The molecule has 4 heteroatoms. The van der Waals surface area contributed by atoms with Gasteiger partial charge in [0.25, 0.3) is 0 Å². The topological polar surface area (TPSA) is 75.9 Å². The van der Waals surface area contributed by atoms with Crippen LogP contribution in [0.25, 0.3) is 0 Å². The van der Waals surface area contributed by atoms with Gasteiger partial charge >= 0.3 is 0 Å². The Morgan fingerprint density at radius 3 is 2.64 bits per heavy atom. The van der Waals surface area contributed by atoms with Crippen molar-refractivity contribution in [3.8, 4) is 0 Å². The Balaban J connectivity index is 2.71. The van der Waals surface area contributed by atoms with Gasteiger partial charge in [0.15, 0.2) is 0 Å². The number of hydrogen-bond acceptors (Lipinski definition) is 3. The van der Waals surface area contributed by atoms with Crippen LogP contribution in [0.4, 0.5) is 0 Å². The van der Waals surface area contributed by atoms with Gasteiger partial charge in [-0.1, -0.05) is 13.8 Å². The minimum atomic E-state index is 0.0769. The SMILES string of the molecule is CC(C)CC(N)c1cc(C(=N)N)cs1. The minimum absolute atomic E-state index is 0.0769. The zero-order valence-electron chi connectivity index (χ0n) is 8.58. The van der Waals surface area contributed by atoms with Crippen molar-refractivity contribution >= 4 is 17.2 Å². The average Bonchev–Trinajstić information content (AvgIpc) is 2.50. The van der Waals surface area contributed by atoms with Crippen molar-refractivity contribution < 1.29 is 0 Å². The lowest BCUT2D eigenvalue weighted by atomic mass is 10.0. The van der Waals surface area contributed by atoms with Crippen molar-refractivity contribution in [3.63, 3.8) is 0 Å². The third kappa shape index (κ3) is 2.82. The van der Waals surface area contributed by atoms with Gasteiger partial charge < -0.3 is 11.5 Å². The number of amidine groups is 1. The van der Waals surface area contributed by atoms with Gasteiger partial charge in [0.05, 0.1) is 0 Å². The summed E-state index contributed by atoms with van der Waals surface area (Å²) >= 11 is 1.58. The quantitative estimate of drug-likeness (QED) is 0.527. The Morgan fingerprint density at radius 1 is 1.57 bits per heavy atom. The number of nitrogen functional groups attached to an aromatic ring is 1. The normalized spacial score (nSPS) is 13.1. The molecule has 5 N–H and O–H groups in total. The van der Waals surface area contributed by atoms with E-state index in [4.69, 9.17) is 16.9 Å². The predicted molar refractivity (Wildman–Crippen MR) is 61.7 cm³/mol. The van der Waals surface area contributed by atoms with Crippen molar-refractivity contribution in [2.45, 2.75) is 26.3 Å². The van der Waals surface area contributed by atoms with Crippen LogP contribution < -0.4 is 11.5 Å². The molecule has 0 fully saturated rings. The van der Waals surface area contributed by atoms with Gasteiger partial charge in [-0.3, -0.25) is 5.41 Å². The van der Waals surface area contributed by atoms with Crippen molar-refractivity contribution in [2.24, 2.45) is 17.4 Å². The van der Waals surface area contributed by atoms with E-state index in [1.165, 1.54) is 0 Å². The molecule has 1 aromatic rings. The van der Waals surface area contributed by atoms with E-state index in [9.17, 15) is 0 Å². The van der Waals surface area contributed by atoms with Gasteiger partial charge in [-0.25, -0.2) is 0 Å². The maximum atomic E-state index is 7.27. The van der Waals surface area contributed by atoms with Gasteiger partial charge in [-0.15, -0.1) is 11.3 Å². The smallest absolute Gasteiger partial charge is 0.123 e. The largest absolute Gasteiger partial charge is 0.384 e. The molecule has 0 aromatic carbocycles. The highest BCUT2D eigenvalue weighted by atomic mass is 32.1. The second-order valence-electron chi connectivity index (χ2n) is 3.89. The molecule has 0 saturated heterocycles. The van der Waals surface area contributed by atoms with Crippen LogP contribution in [0.5, 0.6) is 0 Å². The molecule has 14 heavy (non-hydrogen) atoms. The van der Waals surface area contributed by atoms with Crippen LogP contribution in [0.2, 0.25) is 0 Å². The fourth-order valence-electron chi connectivity index (χ4n) is 1.31. The lowest BCUT2D eigenvalue weighted by Gasteiger charge is -2.11. The molecule has 1 heterocycles. The summed E-state index contributed by atoms with van der Waals surface area (Å²) in [6.07, 6.45) is 0.970. The van der Waals surface area contributed by atoms with Crippen LogP contribution in [-0.2, 0) is 0 Å². The van der Waals surface area contributed by atoms with Crippen LogP contribution in [0.15, 0.2) is 11.4 Å². The summed E-state index contributed by atoms with van der Waals surface area (Å²) in [7, 11) is 0. The molecule has 0 spiro atoms. The fraction of sp³-hybridized carbons (Fsp3) is 0.500. The van der Waals surface area contributed by atoms with Crippen molar-refractivity contribution in [1.29, 1.82) is 5.41 Å². The van der Waals surface area contributed by atoms with Gasteiger partial charge in [0, 0.05) is 21.9 Å². The molecule has 0 aliphatic rings. The Morgan fingerprint density at radius 2 is 2.21 bits per heavy atom. The first-order valence-corrected chi connectivity index (χ1v) is 5.57. The van der Waals surface area contributed by atoms with E-state index in [0.29, 0.717) is 5.92 Å². The van der Waals surface area contributed by atoms with E-state index in [1.807, 2.05) is 11.4 Å². The molecule has 0 radical (unpaired) electrons. The molecule has 3 nitrogen and oxygen atoms in total. The number of nitrogens with two attached hydrogens (primary N) is 2. The van der Waals surface area contributed by atoms with Crippen molar-refractivity contribution in [2.75, 3.05) is 0 Å². The first kappa shape index (κ1) is 11.2. The standard InChI is InChI=1S/C10H17N3S/c1-6(2)3-8(11)9-4-7(5-14-9)10(12)13/h4-6,8H,3,11H2,1-2H3,(H3,12,13). The molecule has 0 aliphatic carbocycles. The summed E-state index contributed by atoms with van der Waals surface area (Å²) in [6.45, 7) is 4.30. The summed E-state index contributed by atoms with van der Waals surface area (Å²) in [5.74, 6) is 0.706. The van der Waals surface area contributed by atoms with Crippen LogP contribution in [0, 0.1) is 11.3 Å². The third-order valence-corrected chi connectivity index (χ3v) is 3.09. The van der Waals surface area contributed by atoms with E-state index in [1.54, 1.807) is 11.3 Å².